The molecule has 4 nitrogen and oxygen atoms in total. The highest BCUT2D eigenvalue weighted by Crippen LogP contribution is 2.42. The van der Waals surface area contributed by atoms with E-state index in [0.717, 1.165) is 0 Å². The number of hydrogen-bond acceptors (Lipinski definition) is 4. The van der Waals surface area contributed by atoms with Crippen LogP contribution < -0.4 is 9.47 Å². The standard InChI is InChI=1S/C23H24F4O4/c1-3-16-8-6-15-11-18(20(23(26)27)21(25)22(15)30-16)31-19(29)9-7-13-4-5-14(12(2)28)10-17(13)24/h4-5,10-12,16,23,28H,3,6-9H2,1-2H3. The second-order valence-corrected chi connectivity index (χ2v) is 7.58. The second kappa shape index (κ2) is 9.68. The fraction of sp³-hybridized carbons (Fsp3) is 0.435. The van der Waals surface area contributed by atoms with Gasteiger partial charge in [0.15, 0.2) is 11.6 Å². The summed E-state index contributed by atoms with van der Waals surface area (Å²) in [6, 6.07) is 5.37. The molecule has 8 heteroatoms. The van der Waals surface area contributed by atoms with E-state index in [-0.39, 0.29) is 30.3 Å². The first-order valence-electron chi connectivity index (χ1n) is 10.2. The Balaban J connectivity index is 1.76. The predicted molar refractivity (Wildman–Crippen MR) is 105 cm³/mol. The fourth-order valence-corrected chi connectivity index (χ4v) is 3.54. The lowest BCUT2D eigenvalue weighted by Crippen LogP contribution is -2.23. The zero-order chi connectivity index (χ0) is 22.7. The van der Waals surface area contributed by atoms with Gasteiger partial charge in [-0.05, 0) is 55.9 Å². The maximum atomic E-state index is 14.8. The van der Waals surface area contributed by atoms with E-state index in [1.807, 2.05) is 6.92 Å². The van der Waals surface area contributed by atoms with Crippen LogP contribution in [0.2, 0.25) is 0 Å². The van der Waals surface area contributed by atoms with Crippen molar-refractivity contribution < 1.29 is 36.9 Å². The van der Waals surface area contributed by atoms with Gasteiger partial charge in [0.2, 0.25) is 0 Å². The molecule has 1 heterocycles. The van der Waals surface area contributed by atoms with Crippen molar-refractivity contribution in [2.75, 3.05) is 0 Å². The number of ether oxygens (including phenoxy) is 2. The smallest absolute Gasteiger partial charge is 0.311 e. The van der Waals surface area contributed by atoms with E-state index < -0.39 is 41.4 Å². The van der Waals surface area contributed by atoms with Crippen LogP contribution in [-0.2, 0) is 17.6 Å². The van der Waals surface area contributed by atoms with E-state index in [0.29, 0.717) is 30.4 Å². The van der Waals surface area contributed by atoms with Crippen LogP contribution in [0.15, 0.2) is 24.3 Å². The zero-order valence-electron chi connectivity index (χ0n) is 17.3. The molecule has 1 aliphatic rings. The molecule has 2 atom stereocenters. The lowest BCUT2D eigenvalue weighted by molar-refractivity contribution is -0.134. The number of alkyl halides is 2. The van der Waals surface area contributed by atoms with Crippen LogP contribution in [0.4, 0.5) is 17.6 Å². The molecule has 168 valence electrons. The number of aliphatic hydroxyl groups is 1. The van der Waals surface area contributed by atoms with Gasteiger partial charge in [-0.3, -0.25) is 4.79 Å². The number of benzene rings is 2. The molecule has 2 aromatic carbocycles. The molecule has 2 aromatic rings. The van der Waals surface area contributed by atoms with Gasteiger partial charge in [0.05, 0.1) is 18.6 Å². The third-order valence-corrected chi connectivity index (χ3v) is 5.37. The molecule has 0 amide bonds. The highest BCUT2D eigenvalue weighted by molar-refractivity contribution is 5.73. The van der Waals surface area contributed by atoms with Crippen LogP contribution in [0.1, 0.15) is 67.9 Å². The Hall–Kier alpha value is -2.61. The number of esters is 1. The third-order valence-electron chi connectivity index (χ3n) is 5.37. The average Bonchev–Trinajstić information content (AvgIpc) is 2.72. The number of hydrogen-bond donors (Lipinski definition) is 1. The summed E-state index contributed by atoms with van der Waals surface area (Å²) in [5.41, 5.74) is -0.0426. The SMILES string of the molecule is CCC1CCc2cc(OC(=O)CCc3ccc(C(C)O)cc3F)c(C(F)F)c(F)c2O1. The first-order chi connectivity index (χ1) is 14.7. The van der Waals surface area contributed by atoms with Gasteiger partial charge in [-0.1, -0.05) is 19.1 Å². The minimum absolute atomic E-state index is 0.0382. The summed E-state index contributed by atoms with van der Waals surface area (Å²) >= 11 is 0. The minimum atomic E-state index is -3.20. The minimum Gasteiger partial charge on any atom is -0.487 e. The number of rotatable bonds is 7. The fourth-order valence-electron chi connectivity index (χ4n) is 3.54. The summed E-state index contributed by atoms with van der Waals surface area (Å²) in [6.45, 7) is 3.36. The molecule has 0 radical (unpaired) electrons. The topological polar surface area (TPSA) is 55.8 Å². The largest absolute Gasteiger partial charge is 0.487 e. The molecule has 0 spiro atoms. The van der Waals surface area contributed by atoms with Crippen LogP contribution in [0.3, 0.4) is 0 Å². The number of halogens is 4. The Labute approximate surface area is 177 Å². The molecule has 0 saturated heterocycles. The van der Waals surface area contributed by atoms with E-state index in [2.05, 4.69) is 0 Å². The van der Waals surface area contributed by atoms with Gasteiger partial charge in [-0.15, -0.1) is 0 Å². The van der Waals surface area contributed by atoms with Crippen molar-refractivity contribution in [3.63, 3.8) is 0 Å². The number of carbonyl (C=O) groups excluding carboxylic acids is 1. The summed E-state index contributed by atoms with van der Waals surface area (Å²) in [6.07, 6.45) is -2.98. The lowest BCUT2D eigenvalue weighted by atomic mass is 9.98. The monoisotopic (exact) mass is 440 g/mol. The average molecular weight is 440 g/mol. The lowest BCUT2D eigenvalue weighted by Gasteiger charge is -2.27. The first kappa shape index (κ1) is 23.1. The van der Waals surface area contributed by atoms with Gasteiger partial charge >= 0.3 is 5.97 Å². The van der Waals surface area contributed by atoms with Crippen LogP contribution >= 0.6 is 0 Å². The van der Waals surface area contributed by atoms with E-state index in [9.17, 15) is 27.5 Å². The zero-order valence-corrected chi connectivity index (χ0v) is 17.3. The highest BCUT2D eigenvalue weighted by Gasteiger charge is 2.31. The molecular formula is C23H24F4O4. The van der Waals surface area contributed by atoms with E-state index in [1.54, 1.807) is 0 Å². The van der Waals surface area contributed by atoms with E-state index in [1.165, 1.54) is 31.2 Å². The summed E-state index contributed by atoms with van der Waals surface area (Å²) in [7, 11) is 0. The van der Waals surface area contributed by atoms with Crippen molar-refractivity contribution in [1.82, 2.24) is 0 Å². The van der Waals surface area contributed by atoms with Gasteiger partial charge in [0.1, 0.15) is 17.1 Å². The molecule has 1 aliphatic heterocycles. The molecule has 0 aliphatic carbocycles. The van der Waals surface area contributed by atoms with Crippen molar-refractivity contribution in [3.8, 4) is 11.5 Å². The Morgan fingerprint density at radius 1 is 1.29 bits per heavy atom. The van der Waals surface area contributed by atoms with Crippen molar-refractivity contribution >= 4 is 5.97 Å². The molecule has 1 N–H and O–H groups in total. The summed E-state index contributed by atoms with van der Waals surface area (Å²) < 4.78 is 66.5. The Bertz CT molecular complexity index is 959. The predicted octanol–water partition coefficient (Wildman–Crippen LogP) is 5.60. The van der Waals surface area contributed by atoms with E-state index in [4.69, 9.17) is 9.47 Å². The van der Waals surface area contributed by atoms with Crippen molar-refractivity contribution in [3.05, 3.63) is 58.2 Å². The van der Waals surface area contributed by atoms with Crippen molar-refractivity contribution in [2.24, 2.45) is 0 Å². The van der Waals surface area contributed by atoms with Gasteiger partial charge < -0.3 is 14.6 Å². The summed E-state index contributed by atoms with van der Waals surface area (Å²) in [5.74, 6) is -3.45. The summed E-state index contributed by atoms with van der Waals surface area (Å²) in [4.78, 5) is 12.2. The number of fused-ring (bicyclic) bond motifs is 1. The molecule has 0 bridgehead atoms. The normalized spacial score (nSPS) is 16.6. The van der Waals surface area contributed by atoms with Crippen LogP contribution in [0.5, 0.6) is 11.5 Å². The molecule has 31 heavy (non-hydrogen) atoms. The summed E-state index contributed by atoms with van der Waals surface area (Å²) in [5, 5.41) is 9.49. The van der Waals surface area contributed by atoms with Gasteiger partial charge in [0, 0.05) is 5.56 Å². The van der Waals surface area contributed by atoms with Crippen LogP contribution in [0, 0.1) is 11.6 Å². The quantitative estimate of drug-likeness (QED) is 0.346. The van der Waals surface area contributed by atoms with Crippen LogP contribution in [0.25, 0.3) is 0 Å². The molecule has 3 rings (SSSR count). The highest BCUT2D eigenvalue weighted by atomic mass is 19.3. The van der Waals surface area contributed by atoms with Gasteiger partial charge in [-0.25, -0.2) is 17.6 Å². The third kappa shape index (κ3) is 5.18. The molecule has 0 saturated carbocycles. The van der Waals surface area contributed by atoms with Crippen molar-refractivity contribution in [2.45, 2.75) is 64.6 Å². The maximum Gasteiger partial charge on any atom is 0.311 e. The number of aryl methyl sites for hydroxylation is 2. The first-order valence-corrected chi connectivity index (χ1v) is 10.2. The Kier molecular flexibility index (Phi) is 7.20. The molecule has 2 unspecified atom stereocenters. The second-order valence-electron chi connectivity index (χ2n) is 7.58. The number of aliphatic hydroxyl groups excluding tert-OH is 1. The maximum absolute atomic E-state index is 14.8. The van der Waals surface area contributed by atoms with Crippen LogP contribution in [-0.4, -0.2) is 17.2 Å². The van der Waals surface area contributed by atoms with Gasteiger partial charge in [-0.2, -0.15) is 0 Å². The number of carbonyl (C=O) groups is 1. The van der Waals surface area contributed by atoms with E-state index >= 15 is 0 Å². The van der Waals surface area contributed by atoms with Gasteiger partial charge in [0.25, 0.3) is 6.43 Å². The Morgan fingerprint density at radius 3 is 2.65 bits per heavy atom. The molecule has 0 aromatic heterocycles. The molecular weight excluding hydrogens is 416 g/mol. The Morgan fingerprint density at radius 2 is 2.03 bits per heavy atom. The molecule has 0 fully saturated rings. The van der Waals surface area contributed by atoms with Crippen molar-refractivity contribution in [1.29, 1.82) is 0 Å².